The van der Waals surface area contributed by atoms with Crippen LogP contribution >= 0.6 is 0 Å². The van der Waals surface area contributed by atoms with Crippen LogP contribution in [-0.2, 0) is 11.3 Å². The molecule has 0 bridgehead atoms. The van der Waals surface area contributed by atoms with Gasteiger partial charge in [0.15, 0.2) is 0 Å². The molecule has 1 aromatic carbocycles. The number of aliphatic hydroxyl groups excluding tert-OH is 1. The fourth-order valence-corrected chi connectivity index (χ4v) is 5.22. The number of carbonyl (C=O) groups is 1. The largest absolute Gasteiger partial charge is 0.396 e. The van der Waals surface area contributed by atoms with Crippen LogP contribution in [-0.4, -0.2) is 40.2 Å². The van der Waals surface area contributed by atoms with E-state index in [1.165, 1.54) is 0 Å². The van der Waals surface area contributed by atoms with Gasteiger partial charge >= 0.3 is 0 Å². The van der Waals surface area contributed by atoms with E-state index in [1.807, 2.05) is 85.0 Å². The number of aromatic nitrogens is 1. The lowest BCUT2D eigenvalue weighted by atomic mass is 9.88. The van der Waals surface area contributed by atoms with E-state index in [9.17, 15) is 14.7 Å². The zero-order valence-corrected chi connectivity index (χ0v) is 17.7. The highest BCUT2D eigenvalue weighted by Gasteiger charge is 2.54. The molecule has 0 radical (unpaired) electrons. The number of benzene rings is 1. The number of likely N-dealkylation sites (tertiary alicyclic amines) is 1. The Morgan fingerprint density at radius 2 is 2.00 bits per heavy atom. The second-order valence-corrected chi connectivity index (χ2v) is 8.34. The molecule has 30 heavy (non-hydrogen) atoms. The molecule has 1 aromatic heterocycles. The topological polar surface area (TPSA) is 74.6 Å². The van der Waals surface area contributed by atoms with E-state index in [0.717, 1.165) is 11.3 Å². The lowest BCUT2D eigenvalue weighted by molar-refractivity contribution is -0.127. The van der Waals surface area contributed by atoms with Crippen LogP contribution in [0.5, 0.6) is 0 Å². The van der Waals surface area contributed by atoms with Crippen molar-refractivity contribution in [2.45, 2.75) is 38.5 Å². The first-order chi connectivity index (χ1) is 14.5. The summed E-state index contributed by atoms with van der Waals surface area (Å²) in [6.45, 7) is 4.29. The first-order valence-corrected chi connectivity index (χ1v) is 10.5. The third-order valence-electron chi connectivity index (χ3n) is 6.66. The first-order valence-electron chi connectivity index (χ1n) is 10.5. The van der Waals surface area contributed by atoms with Crippen LogP contribution in [0.1, 0.15) is 42.8 Å². The summed E-state index contributed by atoms with van der Waals surface area (Å²) < 4.78 is 1.81. The van der Waals surface area contributed by atoms with Crippen molar-refractivity contribution in [3.8, 4) is 0 Å². The number of nitrogens with one attached hydrogen (secondary N) is 1. The molecule has 5 atom stereocenters. The minimum absolute atomic E-state index is 0.0104. The lowest BCUT2D eigenvalue weighted by Gasteiger charge is -2.28. The number of rotatable bonds is 5. The molecule has 0 unspecified atom stereocenters. The molecule has 6 nitrogen and oxygen atoms in total. The molecule has 4 rings (SSSR count). The summed E-state index contributed by atoms with van der Waals surface area (Å²) in [5, 5.41) is 13.3. The van der Waals surface area contributed by atoms with E-state index in [4.69, 9.17) is 0 Å². The van der Waals surface area contributed by atoms with Crippen LogP contribution in [0.3, 0.4) is 0 Å². The summed E-state index contributed by atoms with van der Waals surface area (Å²) in [5.74, 6) is -0.287. The van der Waals surface area contributed by atoms with E-state index < -0.39 is 6.04 Å². The van der Waals surface area contributed by atoms with Crippen molar-refractivity contribution in [2.24, 2.45) is 11.8 Å². The van der Waals surface area contributed by atoms with Crippen molar-refractivity contribution in [2.75, 3.05) is 13.7 Å². The summed E-state index contributed by atoms with van der Waals surface area (Å²) in [7, 11) is 1.92. The van der Waals surface area contributed by atoms with Gasteiger partial charge in [-0.05, 0) is 38.6 Å². The van der Waals surface area contributed by atoms with Crippen LogP contribution in [0.2, 0.25) is 0 Å². The average molecular weight is 408 g/mol. The van der Waals surface area contributed by atoms with Crippen molar-refractivity contribution in [3.05, 3.63) is 75.7 Å². The van der Waals surface area contributed by atoms with Gasteiger partial charge in [0.25, 0.3) is 5.56 Å². The normalized spacial score (nSPS) is 26.5. The average Bonchev–Trinajstić information content (AvgIpc) is 3.26. The van der Waals surface area contributed by atoms with Crippen LogP contribution in [0.4, 0.5) is 0 Å². The number of pyridine rings is 1. The van der Waals surface area contributed by atoms with Gasteiger partial charge in [-0.15, -0.1) is 0 Å². The van der Waals surface area contributed by atoms with Crippen LogP contribution < -0.4 is 10.9 Å². The lowest BCUT2D eigenvalue weighted by Crippen LogP contribution is -2.47. The summed E-state index contributed by atoms with van der Waals surface area (Å²) >= 11 is 0. The smallest absolute Gasteiger partial charge is 0.258 e. The fraction of sp³-hybridized carbons (Fsp3) is 0.417. The van der Waals surface area contributed by atoms with Crippen molar-refractivity contribution in [3.63, 3.8) is 0 Å². The van der Waals surface area contributed by atoms with Crippen LogP contribution in [0.15, 0.2) is 53.3 Å². The Bertz CT molecular complexity index is 1010. The molecule has 0 spiro atoms. The molecule has 0 aliphatic carbocycles. The second-order valence-electron chi connectivity index (χ2n) is 8.34. The SMILES string of the molecule is C/C=C/c1ccc2n(c1=O)C[C@@H]1[C@@H](CO)[C@H](C(=O)N[C@@H](C)c3ccccc3)N(C)[C@H]21. The fourth-order valence-electron chi connectivity index (χ4n) is 5.22. The molecule has 2 N–H and O–H groups in total. The summed E-state index contributed by atoms with van der Waals surface area (Å²) in [6, 6.07) is 13.1. The van der Waals surface area contributed by atoms with Gasteiger partial charge in [0.2, 0.25) is 5.91 Å². The molecule has 6 heteroatoms. The Morgan fingerprint density at radius 1 is 1.27 bits per heavy atom. The van der Waals surface area contributed by atoms with Gasteiger partial charge in [-0.25, -0.2) is 0 Å². The van der Waals surface area contributed by atoms with Crippen molar-refractivity contribution >= 4 is 12.0 Å². The van der Waals surface area contributed by atoms with Gasteiger partial charge in [-0.2, -0.15) is 0 Å². The maximum absolute atomic E-state index is 13.2. The highest BCUT2D eigenvalue weighted by molar-refractivity contribution is 5.83. The Morgan fingerprint density at radius 3 is 2.67 bits per heavy atom. The van der Waals surface area contributed by atoms with Crippen LogP contribution in [0.25, 0.3) is 6.08 Å². The third-order valence-corrected chi connectivity index (χ3v) is 6.66. The predicted molar refractivity (Wildman–Crippen MR) is 117 cm³/mol. The Kier molecular flexibility index (Phi) is 5.62. The molecule has 1 amide bonds. The van der Waals surface area contributed by atoms with Gasteiger partial charge in [-0.1, -0.05) is 42.5 Å². The molecule has 158 valence electrons. The van der Waals surface area contributed by atoms with Crippen molar-refractivity contribution < 1.29 is 9.90 Å². The molecular weight excluding hydrogens is 378 g/mol. The van der Waals surface area contributed by atoms with Gasteiger partial charge in [-0.3, -0.25) is 14.5 Å². The predicted octanol–water partition coefficient (Wildman–Crippen LogP) is 2.35. The molecule has 1 fully saturated rings. The Labute approximate surface area is 176 Å². The standard InChI is InChI=1S/C24H29N3O3/c1-4-8-17-11-12-20-21-18(13-27(20)24(17)30)19(14-28)22(26(21)3)23(29)25-15(2)16-9-6-5-7-10-16/h4-12,15,18-19,21-22,28H,13-14H2,1-3H3,(H,25,29)/b8-4+/t15-,18+,19+,21-,22+/m0/s1. The molecule has 2 aliphatic rings. The summed E-state index contributed by atoms with van der Waals surface area (Å²) in [4.78, 5) is 28.1. The van der Waals surface area contributed by atoms with Gasteiger partial charge in [0.1, 0.15) is 0 Å². The van der Waals surface area contributed by atoms with Gasteiger partial charge in [0.05, 0.1) is 18.1 Å². The number of amides is 1. The highest BCUT2D eigenvalue weighted by atomic mass is 16.3. The maximum atomic E-state index is 13.2. The minimum atomic E-state index is -0.435. The number of fused-ring (bicyclic) bond motifs is 3. The monoisotopic (exact) mass is 407 g/mol. The zero-order chi connectivity index (χ0) is 21.4. The number of carbonyl (C=O) groups excluding carboxylic acids is 1. The molecule has 2 aromatic rings. The number of hydrogen-bond donors (Lipinski definition) is 2. The van der Waals surface area contributed by atoms with Crippen LogP contribution in [0, 0.1) is 11.8 Å². The van der Waals surface area contributed by atoms with E-state index in [1.54, 1.807) is 0 Å². The Hall–Kier alpha value is -2.70. The first kappa shape index (κ1) is 20.6. The quantitative estimate of drug-likeness (QED) is 0.798. The van der Waals surface area contributed by atoms with Crippen molar-refractivity contribution in [1.82, 2.24) is 14.8 Å². The number of likely N-dealkylation sites (N-methyl/N-ethyl adjacent to an activating group) is 1. The third kappa shape index (κ3) is 3.30. The highest BCUT2D eigenvalue weighted by Crippen LogP contribution is 2.48. The zero-order valence-electron chi connectivity index (χ0n) is 17.7. The molecule has 0 saturated carbocycles. The maximum Gasteiger partial charge on any atom is 0.258 e. The molecule has 3 heterocycles. The number of hydrogen-bond acceptors (Lipinski definition) is 4. The van der Waals surface area contributed by atoms with E-state index in [2.05, 4.69) is 5.32 Å². The van der Waals surface area contributed by atoms with E-state index >= 15 is 0 Å². The van der Waals surface area contributed by atoms with Gasteiger partial charge < -0.3 is 15.0 Å². The minimum Gasteiger partial charge on any atom is -0.396 e. The number of allylic oxidation sites excluding steroid dienone is 1. The Balaban J connectivity index is 1.60. The number of aliphatic hydroxyl groups is 1. The second kappa shape index (κ2) is 8.20. The summed E-state index contributed by atoms with van der Waals surface area (Å²) in [6.07, 6.45) is 3.68. The number of nitrogens with zero attached hydrogens (tertiary/aromatic N) is 2. The van der Waals surface area contributed by atoms with Gasteiger partial charge in [0, 0.05) is 36.2 Å². The summed E-state index contributed by atoms with van der Waals surface area (Å²) in [5.41, 5.74) is 2.62. The van der Waals surface area contributed by atoms with E-state index in [-0.39, 0.29) is 42.0 Å². The van der Waals surface area contributed by atoms with E-state index in [0.29, 0.717) is 12.1 Å². The molecule has 2 aliphatic heterocycles. The molecular formula is C24H29N3O3. The van der Waals surface area contributed by atoms with Crippen molar-refractivity contribution in [1.29, 1.82) is 0 Å². The molecule has 1 saturated heterocycles.